The third-order valence-corrected chi connectivity index (χ3v) is 2.71. The molecule has 0 unspecified atom stereocenters. The van der Waals surface area contributed by atoms with Crippen LogP contribution in [-0.2, 0) is 0 Å². The molecule has 0 bridgehead atoms. The zero-order chi connectivity index (χ0) is 9.26. The predicted molar refractivity (Wildman–Crippen MR) is 57.5 cm³/mol. The molecule has 0 saturated heterocycles. The number of benzene rings is 1. The van der Waals surface area contributed by atoms with E-state index in [0.717, 1.165) is 15.7 Å². The van der Waals surface area contributed by atoms with Crippen LogP contribution in [0.1, 0.15) is 0 Å². The maximum atomic E-state index is 5.69. The van der Waals surface area contributed by atoms with Gasteiger partial charge in [-0.15, -0.1) is 5.10 Å². The third-order valence-electron chi connectivity index (χ3n) is 1.63. The molecule has 3 nitrogen and oxygen atoms in total. The third kappa shape index (κ3) is 1.71. The second-order valence-corrected chi connectivity index (χ2v) is 4.19. The number of nitrogens with zero attached hydrogens (tertiary/aromatic N) is 2. The number of nitrogen functional groups attached to an aromatic ring is 1. The Kier molecular flexibility index (Phi) is 2.28. The van der Waals surface area contributed by atoms with Gasteiger partial charge in [0.15, 0.2) is 0 Å². The summed E-state index contributed by atoms with van der Waals surface area (Å²) < 4.78 is 4.82. The summed E-state index contributed by atoms with van der Waals surface area (Å²) in [5, 5.41) is 4.60. The van der Waals surface area contributed by atoms with Crippen molar-refractivity contribution < 1.29 is 0 Å². The lowest BCUT2D eigenvalue weighted by molar-refractivity contribution is 1.16. The van der Waals surface area contributed by atoms with Gasteiger partial charge in [-0.05, 0) is 12.1 Å². The van der Waals surface area contributed by atoms with Gasteiger partial charge in [-0.2, -0.15) is 0 Å². The number of hydrogen-bond donors (Lipinski definition) is 1. The maximum Gasteiger partial charge on any atom is 0.135 e. The van der Waals surface area contributed by atoms with Crippen molar-refractivity contribution in [2.24, 2.45) is 0 Å². The molecule has 5 heteroatoms. The average molecular weight is 256 g/mol. The van der Waals surface area contributed by atoms with E-state index in [4.69, 9.17) is 5.73 Å². The number of hydrogen-bond acceptors (Lipinski definition) is 4. The van der Waals surface area contributed by atoms with Gasteiger partial charge in [-0.25, -0.2) is 0 Å². The molecule has 0 aliphatic rings. The SMILES string of the molecule is Nc1snnc1-c1ccc(Br)cc1. The van der Waals surface area contributed by atoms with Crippen molar-refractivity contribution >= 4 is 32.5 Å². The van der Waals surface area contributed by atoms with Crippen LogP contribution in [0.5, 0.6) is 0 Å². The van der Waals surface area contributed by atoms with Crippen LogP contribution < -0.4 is 5.73 Å². The normalized spacial score (nSPS) is 10.2. The number of anilines is 1. The second kappa shape index (κ2) is 3.43. The lowest BCUT2D eigenvalue weighted by Gasteiger charge is -1.96. The van der Waals surface area contributed by atoms with E-state index in [0.29, 0.717) is 5.00 Å². The fourth-order valence-electron chi connectivity index (χ4n) is 1.01. The van der Waals surface area contributed by atoms with Gasteiger partial charge in [0.1, 0.15) is 10.7 Å². The lowest BCUT2D eigenvalue weighted by Crippen LogP contribution is -1.85. The van der Waals surface area contributed by atoms with Crippen LogP contribution in [0.2, 0.25) is 0 Å². The van der Waals surface area contributed by atoms with Crippen LogP contribution in [0.4, 0.5) is 5.00 Å². The van der Waals surface area contributed by atoms with Crippen molar-refractivity contribution in [2.75, 3.05) is 5.73 Å². The molecule has 0 aliphatic heterocycles. The van der Waals surface area contributed by atoms with E-state index >= 15 is 0 Å². The molecule has 0 radical (unpaired) electrons. The molecule has 2 aromatic rings. The molecule has 2 rings (SSSR count). The van der Waals surface area contributed by atoms with Gasteiger partial charge in [0, 0.05) is 21.6 Å². The largest absolute Gasteiger partial charge is 0.387 e. The first-order valence-electron chi connectivity index (χ1n) is 3.61. The van der Waals surface area contributed by atoms with E-state index in [-0.39, 0.29) is 0 Å². The van der Waals surface area contributed by atoms with Crippen molar-refractivity contribution in [1.82, 2.24) is 9.59 Å². The number of rotatable bonds is 1. The van der Waals surface area contributed by atoms with Gasteiger partial charge in [0.25, 0.3) is 0 Å². The Morgan fingerprint density at radius 1 is 1.23 bits per heavy atom. The van der Waals surface area contributed by atoms with E-state index in [1.165, 1.54) is 11.5 Å². The molecule has 0 fully saturated rings. The Hall–Kier alpha value is -0.940. The Bertz CT molecular complexity index is 410. The highest BCUT2D eigenvalue weighted by Crippen LogP contribution is 2.26. The van der Waals surface area contributed by atoms with Crippen LogP contribution in [0.3, 0.4) is 0 Å². The van der Waals surface area contributed by atoms with Gasteiger partial charge in [-0.3, -0.25) is 0 Å². The van der Waals surface area contributed by atoms with Crippen LogP contribution >= 0.6 is 27.5 Å². The molecule has 0 spiro atoms. The molecule has 0 saturated carbocycles. The summed E-state index contributed by atoms with van der Waals surface area (Å²) in [7, 11) is 0. The number of aromatic nitrogens is 2. The molecule has 13 heavy (non-hydrogen) atoms. The number of nitrogens with two attached hydrogens (primary N) is 1. The topological polar surface area (TPSA) is 51.8 Å². The smallest absolute Gasteiger partial charge is 0.135 e. The number of halogens is 1. The summed E-state index contributed by atoms with van der Waals surface area (Å²) in [6.07, 6.45) is 0. The van der Waals surface area contributed by atoms with E-state index in [9.17, 15) is 0 Å². The maximum absolute atomic E-state index is 5.69. The van der Waals surface area contributed by atoms with E-state index in [2.05, 4.69) is 25.5 Å². The monoisotopic (exact) mass is 255 g/mol. The summed E-state index contributed by atoms with van der Waals surface area (Å²) in [4.78, 5) is 0. The first-order valence-corrected chi connectivity index (χ1v) is 5.18. The van der Waals surface area contributed by atoms with Crippen molar-refractivity contribution in [3.8, 4) is 11.3 Å². The molecule has 1 aromatic heterocycles. The Balaban J connectivity index is 2.47. The highest BCUT2D eigenvalue weighted by Gasteiger charge is 2.05. The standard InChI is InChI=1S/C8H6BrN3S/c9-6-3-1-5(2-4-6)7-8(10)13-12-11-7/h1-4H,10H2. The summed E-state index contributed by atoms with van der Waals surface area (Å²) >= 11 is 4.57. The molecule has 1 heterocycles. The Morgan fingerprint density at radius 2 is 1.92 bits per heavy atom. The molecule has 0 atom stereocenters. The minimum atomic E-state index is 0.655. The second-order valence-electron chi connectivity index (χ2n) is 2.49. The van der Waals surface area contributed by atoms with Crippen LogP contribution in [0, 0.1) is 0 Å². The summed E-state index contributed by atoms with van der Waals surface area (Å²) in [5.41, 5.74) is 7.45. The summed E-state index contributed by atoms with van der Waals surface area (Å²) in [5.74, 6) is 0. The zero-order valence-electron chi connectivity index (χ0n) is 6.57. The molecule has 66 valence electrons. The first kappa shape index (κ1) is 8.65. The highest BCUT2D eigenvalue weighted by molar-refractivity contribution is 9.10. The van der Waals surface area contributed by atoms with Gasteiger partial charge >= 0.3 is 0 Å². The molecule has 2 N–H and O–H groups in total. The van der Waals surface area contributed by atoms with Crippen molar-refractivity contribution in [2.45, 2.75) is 0 Å². The predicted octanol–water partition coefficient (Wildman–Crippen LogP) is 2.55. The van der Waals surface area contributed by atoms with Crippen LogP contribution in [-0.4, -0.2) is 9.59 Å². The quantitative estimate of drug-likeness (QED) is 0.853. The minimum Gasteiger partial charge on any atom is -0.387 e. The molecular weight excluding hydrogens is 250 g/mol. The molecule has 0 amide bonds. The Labute approximate surface area is 87.9 Å². The van der Waals surface area contributed by atoms with Gasteiger partial charge in [0.05, 0.1) is 0 Å². The summed E-state index contributed by atoms with van der Waals surface area (Å²) in [6, 6.07) is 7.82. The fraction of sp³-hybridized carbons (Fsp3) is 0. The molecular formula is C8H6BrN3S. The van der Waals surface area contributed by atoms with E-state index < -0.39 is 0 Å². The van der Waals surface area contributed by atoms with Crippen LogP contribution in [0.15, 0.2) is 28.7 Å². The molecule has 1 aromatic carbocycles. The van der Waals surface area contributed by atoms with Gasteiger partial charge < -0.3 is 5.73 Å². The van der Waals surface area contributed by atoms with Gasteiger partial charge in [0.2, 0.25) is 0 Å². The lowest BCUT2D eigenvalue weighted by atomic mass is 10.2. The van der Waals surface area contributed by atoms with Crippen LogP contribution in [0.25, 0.3) is 11.3 Å². The van der Waals surface area contributed by atoms with E-state index in [1.807, 2.05) is 24.3 Å². The van der Waals surface area contributed by atoms with E-state index in [1.54, 1.807) is 0 Å². The first-order chi connectivity index (χ1) is 6.27. The zero-order valence-corrected chi connectivity index (χ0v) is 8.97. The fourth-order valence-corrected chi connectivity index (χ4v) is 1.73. The minimum absolute atomic E-state index is 0.655. The Morgan fingerprint density at radius 3 is 2.46 bits per heavy atom. The van der Waals surface area contributed by atoms with Crippen molar-refractivity contribution in [3.05, 3.63) is 28.7 Å². The summed E-state index contributed by atoms with van der Waals surface area (Å²) in [6.45, 7) is 0. The van der Waals surface area contributed by atoms with Gasteiger partial charge in [-0.1, -0.05) is 32.6 Å². The van der Waals surface area contributed by atoms with Crippen molar-refractivity contribution in [1.29, 1.82) is 0 Å². The average Bonchev–Trinajstić information content (AvgIpc) is 2.53. The highest BCUT2D eigenvalue weighted by atomic mass is 79.9. The van der Waals surface area contributed by atoms with Crippen molar-refractivity contribution in [3.63, 3.8) is 0 Å². The molecule has 0 aliphatic carbocycles.